The zero-order valence-corrected chi connectivity index (χ0v) is 27.5. The molecule has 3 nitrogen and oxygen atoms in total. The Morgan fingerprint density at radius 2 is 1.21 bits per heavy atom. The first kappa shape index (κ1) is 29.6. The van der Waals surface area contributed by atoms with E-state index in [0.717, 1.165) is 39.1 Å². The van der Waals surface area contributed by atoms with Crippen LogP contribution in [-0.2, 0) is 6.42 Å². The van der Waals surface area contributed by atoms with Gasteiger partial charge in [-0.25, -0.2) is 0 Å². The number of fused-ring (bicyclic) bond motifs is 1. The Morgan fingerprint density at radius 1 is 0.643 bits per heavy atom. The summed E-state index contributed by atoms with van der Waals surface area (Å²) in [5.41, 5.74) is 4.06. The van der Waals surface area contributed by atoms with Crippen molar-refractivity contribution in [2.45, 2.75) is 42.2 Å². The number of H-pyrrole nitrogens is 1. The maximum absolute atomic E-state index is 3.43. The number of aromatic nitrogens is 1. The first-order chi connectivity index (χ1) is 20.7. The molecule has 0 amide bonds. The molecule has 1 aliphatic heterocycles. The first-order valence-electron chi connectivity index (χ1n) is 14.5. The van der Waals surface area contributed by atoms with Gasteiger partial charge in [0.15, 0.2) is 0 Å². The number of piperazine rings is 1. The van der Waals surface area contributed by atoms with Gasteiger partial charge in [0.2, 0.25) is 0 Å². The van der Waals surface area contributed by atoms with Crippen LogP contribution in [0.25, 0.3) is 10.9 Å². The van der Waals surface area contributed by atoms with E-state index in [9.17, 15) is 0 Å². The monoisotopic (exact) mass is 627 g/mol. The average Bonchev–Trinajstić information content (AvgIpc) is 3.45. The van der Waals surface area contributed by atoms with Crippen molar-refractivity contribution in [3.05, 3.63) is 103 Å². The Kier molecular flexibility index (Phi) is 10.1. The molecule has 1 aromatic heterocycles. The summed E-state index contributed by atoms with van der Waals surface area (Å²) in [5, 5.41) is 1.37. The van der Waals surface area contributed by atoms with Crippen LogP contribution in [0.3, 0.4) is 0 Å². The van der Waals surface area contributed by atoms with Crippen molar-refractivity contribution in [3.8, 4) is 0 Å². The summed E-state index contributed by atoms with van der Waals surface area (Å²) in [6, 6.07) is 33.4. The molecule has 2 heterocycles. The lowest BCUT2D eigenvalue weighted by molar-refractivity contribution is 0.254. The van der Waals surface area contributed by atoms with Gasteiger partial charge in [0, 0.05) is 72.7 Å². The topological polar surface area (TPSA) is 22.3 Å². The lowest BCUT2D eigenvalue weighted by Gasteiger charge is -2.38. The fraction of sp³-hybridized carbons (Fsp3) is 0.257. The van der Waals surface area contributed by atoms with E-state index in [-0.39, 0.29) is 0 Å². The number of nitrogens with one attached hydrogen (secondary N) is 1. The van der Waals surface area contributed by atoms with Gasteiger partial charge in [0.1, 0.15) is 0 Å². The molecule has 6 rings (SSSR count). The van der Waals surface area contributed by atoms with Crippen LogP contribution < -0.4 is 4.90 Å². The Bertz CT molecular complexity index is 1520. The third-order valence-electron chi connectivity index (χ3n) is 7.82. The predicted molar refractivity (Wildman–Crippen MR) is 186 cm³/mol. The van der Waals surface area contributed by atoms with Gasteiger partial charge in [-0.2, -0.15) is 0 Å². The number of anilines is 1. The Balaban J connectivity index is 1.16. The molecule has 1 fully saturated rings. The minimum Gasteiger partial charge on any atom is -0.367 e. The molecule has 216 valence electrons. The van der Waals surface area contributed by atoms with Gasteiger partial charge in [0.25, 0.3) is 0 Å². The highest BCUT2D eigenvalue weighted by molar-refractivity contribution is 8.00. The molecule has 0 unspecified atom stereocenters. The van der Waals surface area contributed by atoms with Crippen molar-refractivity contribution < 1.29 is 0 Å². The third-order valence-corrected chi connectivity index (χ3v) is 11.4. The van der Waals surface area contributed by atoms with Crippen LogP contribution >= 0.6 is 47.0 Å². The number of hydrogen-bond donors (Lipinski definition) is 1. The fourth-order valence-electron chi connectivity index (χ4n) is 5.55. The predicted octanol–water partition coefficient (Wildman–Crippen LogP) is 9.67. The molecule has 0 radical (unpaired) electrons. The van der Waals surface area contributed by atoms with Gasteiger partial charge in [0.05, 0.1) is 5.69 Å². The highest BCUT2D eigenvalue weighted by atomic mass is 32.2. The fourth-order valence-corrected chi connectivity index (χ4v) is 8.44. The molecule has 1 N–H and O–H groups in total. The van der Waals surface area contributed by atoms with Crippen LogP contribution in [0.2, 0.25) is 0 Å². The first-order valence-corrected chi connectivity index (χ1v) is 18.6. The number of aryl methyl sites for hydroxylation is 1. The second-order valence-electron chi connectivity index (χ2n) is 10.4. The second-order valence-corrected chi connectivity index (χ2v) is 14.4. The SMILES string of the molecule is CSc1ccc(Sc2cccc(Sc3ccc(SC)cc3)c2N2CCN(CCCc3c[nH]c4ccccc34)CC2)cc1. The summed E-state index contributed by atoms with van der Waals surface area (Å²) in [5.74, 6) is 0. The summed E-state index contributed by atoms with van der Waals surface area (Å²) in [6.45, 7) is 5.45. The van der Waals surface area contributed by atoms with Crippen LogP contribution in [0.5, 0.6) is 0 Å². The van der Waals surface area contributed by atoms with E-state index in [0.29, 0.717) is 0 Å². The highest BCUT2D eigenvalue weighted by Crippen LogP contribution is 2.44. The molecule has 42 heavy (non-hydrogen) atoms. The van der Waals surface area contributed by atoms with Crippen molar-refractivity contribution in [1.82, 2.24) is 9.88 Å². The van der Waals surface area contributed by atoms with Crippen molar-refractivity contribution in [2.75, 3.05) is 50.1 Å². The van der Waals surface area contributed by atoms with E-state index in [4.69, 9.17) is 0 Å². The summed E-state index contributed by atoms with van der Waals surface area (Å²) >= 11 is 7.36. The molecule has 0 saturated carbocycles. The van der Waals surface area contributed by atoms with Crippen molar-refractivity contribution in [3.63, 3.8) is 0 Å². The van der Waals surface area contributed by atoms with E-state index in [1.165, 1.54) is 57.9 Å². The minimum atomic E-state index is 1.05. The average molecular weight is 628 g/mol. The van der Waals surface area contributed by atoms with E-state index >= 15 is 0 Å². The van der Waals surface area contributed by atoms with Crippen LogP contribution in [0.15, 0.2) is 127 Å². The molecule has 0 aliphatic carbocycles. The zero-order valence-electron chi connectivity index (χ0n) is 24.2. The molecular weight excluding hydrogens is 591 g/mol. The number of aromatic amines is 1. The molecule has 0 spiro atoms. The standard InChI is InChI=1S/C35H37N3S4/c1-39-27-12-16-29(17-13-27)41-33-10-5-11-34(42-30-18-14-28(40-2)15-19-30)35(33)38-23-21-37(22-24-38)20-6-7-26-25-36-32-9-4-3-8-31(26)32/h3-5,8-19,25,36H,6-7,20-24H2,1-2H3. The third kappa shape index (κ3) is 7.20. The molecule has 7 heteroatoms. The van der Waals surface area contributed by atoms with Crippen molar-refractivity contribution in [1.29, 1.82) is 0 Å². The normalized spacial score (nSPS) is 14.1. The smallest absolute Gasteiger partial charge is 0.0650 e. The van der Waals surface area contributed by atoms with E-state index in [1.807, 2.05) is 23.5 Å². The Morgan fingerprint density at radius 3 is 1.81 bits per heavy atom. The van der Waals surface area contributed by atoms with Crippen LogP contribution in [0.1, 0.15) is 12.0 Å². The van der Waals surface area contributed by atoms with Crippen molar-refractivity contribution in [2.24, 2.45) is 0 Å². The molecule has 1 aliphatic rings. The van der Waals surface area contributed by atoms with E-state index in [1.54, 1.807) is 23.5 Å². The minimum absolute atomic E-state index is 1.05. The van der Waals surface area contributed by atoms with Gasteiger partial charge >= 0.3 is 0 Å². The van der Waals surface area contributed by atoms with Crippen LogP contribution in [0.4, 0.5) is 5.69 Å². The maximum Gasteiger partial charge on any atom is 0.0650 e. The summed E-state index contributed by atoms with van der Waals surface area (Å²) in [4.78, 5) is 16.6. The number of nitrogens with zero attached hydrogens (tertiary/aromatic N) is 2. The van der Waals surface area contributed by atoms with Gasteiger partial charge < -0.3 is 9.88 Å². The number of rotatable bonds is 11. The van der Waals surface area contributed by atoms with Crippen molar-refractivity contribution >= 4 is 63.6 Å². The lowest BCUT2D eigenvalue weighted by atomic mass is 10.1. The van der Waals surface area contributed by atoms with Crippen LogP contribution in [-0.4, -0.2) is 55.1 Å². The van der Waals surface area contributed by atoms with Gasteiger partial charge in [-0.3, -0.25) is 4.90 Å². The zero-order chi connectivity index (χ0) is 28.7. The summed E-state index contributed by atoms with van der Waals surface area (Å²) in [6.07, 6.45) is 8.77. The maximum atomic E-state index is 3.43. The second kappa shape index (κ2) is 14.4. The largest absolute Gasteiger partial charge is 0.367 e. The Labute approximate surface area is 267 Å². The van der Waals surface area contributed by atoms with Gasteiger partial charge in [-0.15, -0.1) is 23.5 Å². The molecule has 4 aromatic carbocycles. The highest BCUT2D eigenvalue weighted by Gasteiger charge is 2.23. The molecule has 5 aromatic rings. The Hall–Kier alpha value is -2.42. The number of para-hydroxylation sites is 2. The van der Waals surface area contributed by atoms with E-state index < -0.39 is 0 Å². The number of hydrogen-bond acceptors (Lipinski definition) is 6. The van der Waals surface area contributed by atoms with Gasteiger partial charge in [-0.05, 0) is 104 Å². The molecule has 0 bridgehead atoms. The van der Waals surface area contributed by atoms with Crippen LogP contribution in [0, 0.1) is 0 Å². The molecule has 1 saturated heterocycles. The number of benzene rings is 4. The quantitative estimate of drug-likeness (QED) is 0.146. The number of thioether (sulfide) groups is 2. The molecular formula is C35H37N3S4. The summed E-state index contributed by atoms with van der Waals surface area (Å²) in [7, 11) is 0. The summed E-state index contributed by atoms with van der Waals surface area (Å²) < 4.78 is 0. The van der Waals surface area contributed by atoms with E-state index in [2.05, 4.69) is 124 Å². The molecule has 0 atom stereocenters. The van der Waals surface area contributed by atoms with Gasteiger partial charge in [-0.1, -0.05) is 47.8 Å². The lowest BCUT2D eigenvalue weighted by Crippen LogP contribution is -2.47.